The molecular formula is C6H3BrF3NO. The van der Waals surface area contributed by atoms with E-state index < -0.39 is 23.7 Å². The number of nitrogens with zero attached hydrogens (tertiary/aromatic N) is 1. The number of hydrogen-bond acceptors (Lipinski definition) is 2. The van der Waals surface area contributed by atoms with Gasteiger partial charge in [0.2, 0.25) is 5.95 Å². The van der Waals surface area contributed by atoms with E-state index in [1.54, 1.807) is 0 Å². The highest BCUT2D eigenvalue weighted by atomic mass is 79.9. The SMILES string of the molecule is Oc1cnc(F)c(C(F)F)c1Br. The van der Waals surface area contributed by atoms with Gasteiger partial charge in [0.15, 0.2) is 0 Å². The summed E-state index contributed by atoms with van der Waals surface area (Å²) in [6.07, 6.45) is -2.25. The van der Waals surface area contributed by atoms with Gasteiger partial charge in [0.1, 0.15) is 5.75 Å². The van der Waals surface area contributed by atoms with E-state index in [4.69, 9.17) is 5.11 Å². The predicted octanol–water partition coefficient (Wildman–Crippen LogP) is 2.63. The molecule has 1 N–H and O–H groups in total. The molecule has 1 aromatic heterocycles. The monoisotopic (exact) mass is 241 g/mol. The lowest BCUT2D eigenvalue weighted by Crippen LogP contribution is -1.95. The van der Waals surface area contributed by atoms with E-state index in [9.17, 15) is 13.2 Å². The maximum Gasteiger partial charge on any atom is 0.269 e. The van der Waals surface area contributed by atoms with Crippen LogP contribution in [0.25, 0.3) is 0 Å². The fourth-order valence-electron chi connectivity index (χ4n) is 0.658. The Kier molecular flexibility index (Phi) is 2.56. The van der Waals surface area contributed by atoms with Crippen LogP contribution < -0.4 is 0 Å². The van der Waals surface area contributed by atoms with Crippen molar-refractivity contribution in [1.29, 1.82) is 0 Å². The van der Waals surface area contributed by atoms with E-state index in [0.29, 0.717) is 0 Å². The lowest BCUT2D eigenvalue weighted by Gasteiger charge is -2.04. The fraction of sp³-hybridized carbons (Fsp3) is 0.167. The topological polar surface area (TPSA) is 33.1 Å². The smallest absolute Gasteiger partial charge is 0.269 e. The van der Waals surface area contributed by atoms with Gasteiger partial charge in [-0.25, -0.2) is 13.8 Å². The minimum absolute atomic E-state index is 0.356. The summed E-state index contributed by atoms with van der Waals surface area (Å²) in [4.78, 5) is 2.93. The van der Waals surface area contributed by atoms with Gasteiger partial charge in [0.05, 0.1) is 16.2 Å². The summed E-state index contributed by atoms with van der Waals surface area (Å²) in [5.74, 6) is -1.79. The molecule has 0 aliphatic carbocycles. The zero-order valence-electron chi connectivity index (χ0n) is 5.56. The number of rotatable bonds is 1. The number of aromatic hydroxyl groups is 1. The van der Waals surface area contributed by atoms with Crippen molar-refractivity contribution < 1.29 is 18.3 Å². The van der Waals surface area contributed by atoms with Crippen LogP contribution in [0.5, 0.6) is 5.75 Å². The summed E-state index contributed by atoms with van der Waals surface area (Å²) in [6.45, 7) is 0. The Bertz CT molecular complexity index is 305. The quantitative estimate of drug-likeness (QED) is 0.768. The standard InChI is InChI=1S/C6H3BrF3NO/c7-4-2(12)1-11-6(10)3(4)5(8)9/h1,5,12H. The van der Waals surface area contributed by atoms with Gasteiger partial charge in [0.25, 0.3) is 6.43 Å². The molecule has 6 heteroatoms. The predicted molar refractivity (Wildman–Crippen MR) is 38.5 cm³/mol. The second-order valence-electron chi connectivity index (χ2n) is 1.96. The Labute approximate surface area is 74.2 Å². The Morgan fingerprint density at radius 3 is 2.50 bits per heavy atom. The largest absolute Gasteiger partial charge is 0.505 e. The number of halogens is 4. The first kappa shape index (κ1) is 9.31. The van der Waals surface area contributed by atoms with Crippen LogP contribution in [0, 0.1) is 5.95 Å². The van der Waals surface area contributed by atoms with E-state index in [1.807, 2.05) is 0 Å². The molecule has 1 rings (SSSR count). The van der Waals surface area contributed by atoms with E-state index in [1.165, 1.54) is 0 Å². The maximum atomic E-state index is 12.5. The molecule has 0 amide bonds. The highest BCUT2D eigenvalue weighted by Gasteiger charge is 2.20. The molecule has 66 valence electrons. The summed E-state index contributed by atoms with van der Waals surface area (Å²) in [7, 11) is 0. The van der Waals surface area contributed by atoms with Crippen molar-refractivity contribution in [2.24, 2.45) is 0 Å². The van der Waals surface area contributed by atoms with E-state index in [-0.39, 0.29) is 4.47 Å². The minimum Gasteiger partial charge on any atom is -0.505 e. The van der Waals surface area contributed by atoms with Crippen molar-refractivity contribution >= 4 is 15.9 Å². The molecule has 0 aliphatic heterocycles. The summed E-state index contributed by atoms with van der Waals surface area (Å²) in [5.41, 5.74) is -0.921. The second kappa shape index (κ2) is 3.30. The van der Waals surface area contributed by atoms with Crippen LogP contribution >= 0.6 is 15.9 Å². The molecule has 0 fully saturated rings. The third-order valence-electron chi connectivity index (χ3n) is 1.20. The van der Waals surface area contributed by atoms with Gasteiger partial charge < -0.3 is 5.11 Å². The average molecular weight is 242 g/mol. The van der Waals surface area contributed by atoms with Crippen LogP contribution in [-0.4, -0.2) is 10.1 Å². The zero-order valence-corrected chi connectivity index (χ0v) is 7.15. The summed E-state index contributed by atoms with van der Waals surface area (Å²) >= 11 is 2.62. The van der Waals surface area contributed by atoms with E-state index in [2.05, 4.69) is 20.9 Å². The number of aromatic nitrogens is 1. The molecule has 0 spiro atoms. The molecule has 0 bridgehead atoms. The normalized spacial score (nSPS) is 10.8. The van der Waals surface area contributed by atoms with Crippen molar-refractivity contribution in [2.45, 2.75) is 6.43 Å². The molecule has 0 saturated heterocycles. The molecule has 2 nitrogen and oxygen atoms in total. The lowest BCUT2D eigenvalue weighted by atomic mass is 10.3. The third-order valence-corrected chi connectivity index (χ3v) is 2.04. The van der Waals surface area contributed by atoms with Gasteiger partial charge in [-0.3, -0.25) is 0 Å². The van der Waals surface area contributed by atoms with Gasteiger partial charge in [-0.15, -0.1) is 0 Å². The van der Waals surface area contributed by atoms with Crippen molar-refractivity contribution in [2.75, 3.05) is 0 Å². The number of alkyl halides is 2. The molecule has 0 aliphatic rings. The van der Waals surface area contributed by atoms with Gasteiger partial charge in [-0.1, -0.05) is 0 Å². The molecule has 12 heavy (non-hydrogen) atoms. The minimum atomic E-state index is -3.00. The summed E-state index contributed by atoms with van der Waals surface area (Å²) in [5, 5.41) is 8.86. The van der Waals surface area contributed by atoms with E-state index >= 15 is 0 Å². The number of pyridine rings is 1. The Hall–Kier alpha value is -0.780. The van der Waals surface area contributed by atoms with Crippen molar-refractivity contribution in [1.82, 2.24) is 4.98 Å². The molecule has 0 saturated carbocycles. The second-order valence-corrected chi connectivity index (χ2v) is 2.76. The average Bonchev–Trinajstić information content (AvgIpc) is 1.97. The van der Waals surface area contributed by atoms with Gasteiger partial charge in [-0.2, -0.15) is 4.39 Å². The van der Waals surface area contributed by atoms with Gasteiger partial charge in [0, 0.05) is 0 Å². The first-order valence-electron chi connectivity index (χ1n) is 2.85. The first-order valence-corrected chi connectivity index (χ1v) is 3.64. The maximum absolute atomic E-state index is 12.5. The first-order chi connectivity index (χ1) is 5.54. The van der Waals surface area contributed by atoms with Gasteiger partial charge >= 0.3 is 0 Å². The fourth-order valence-corrected chi connectivity index (χ4v) is 1.10. The molecular weight excluding hydrogens is 239 g/mol. The van der Waals surface area contributed by atoms with Crippen LogP contribution in [0.3, 0.4) is 0 Å². The van der Waals surface area contributed by atoms with Crippen molar-refractivity contribution in [3.63, 3.8) is 0 Å². The zero-order chi connectivity index (χ0) is 9.30. The molecule has 1 heterocycles. The number of hydrogen-bond donors (Lipinski definition) is 1. The lowest BCUT2D eigenvalue weighted by molar-refractivity contribution is 0.143. The highest BCUT2D eigenvalue weighted by Crippen LogP contribution is 2.34. The third kappa shape index (κ3) is 1.52. The van der Waals surface area contributed by atoms with Crippen LogP contribution in [0.2, 0.25) is 0 Å². The molecule has 0 aromatic carbocycles. The van der Waals surface area contributed by atoms with Gasteiger partial charge in [-0.05, 0) is 15.9 Å². The van der Waals surface area contributed by atoms with Crippen LogP contribution in [0.15, 0.2) is 10.7 Å². The van der Waals surface area contributed by atoms with Crippen LogP contribution in [-0.2, 0) is 0 Å². The Balaban J connectivity index is 3.33. The van der Waals surface area contributed by atoms with Crippen molar-refractivity contribution in [3.8, 4) is 5.75 Å². The summed E-state index contributed by atoms with van der Waals surface area (Å²) < 4.78 is 36.3. The Morgan fingerprint density at radius 2 is 2.08 bits per heavy atom. The molecule has 0 radical (unpaired) electrons. The molecule has 0 atom stereocenters. The van der Waals surface area contributed by atoms with Crippen LogP contribution in [0.4, 0.5) is 13.2 Å². The van der Waals surface area contributed by atoms with E-state index in [0.717, 1.165) is 6.20 Å². The Morgan fingerprint density at radius 1 is 1.50 bits per heavy atom. The highest BCUT2D eigenvalue weighted by molar-refractivity contribution is 9.10. The summed E-state index contributed by atoms with van der Waals surface area (Å²) in [6, 6.07) is 0. The molecule has 0 unspecified atom stereocenters. The van der Waals surface area contributed by atoms with Crippen molar-refractivity contribution in [3.05, 3.63) is 22.2 Å². The van der Waals surface area contributed by atoms with Crippen LogP contribution in [0.1, 0.15) is 12.0 Å². The molecule has 1 aromatic rings.